The summed E-state index contributed by atoms with van der Waals surface area (Å²) in [6.07, 6.45) is 1.56. The number of imidazole rings is 1. The van der Waals surface area contributed by atoms with E-state index < -0.39 is 11.7 Å². The summed E-state index contributed by atoms with van der Waals surface area (Å²) in [4.78, 5) is 38.3. The van der Waals surface area contributed by atoms with E-state index >= 15 is 0 Å². The van der Waals surface area contributed by atoms with Gasteiger partial charge < -0.3 is 26.7 Å². The minimum Gasteiger partial charge on any atom is -0.366 e. The Labute approximate surface area is 153 Å². The predicted octanol–water partition coefficient (Wildman–Crippen LogP) is -0.395. The number of carbonyl (C=O) groups excluding carboxylic acids is 2. The predicted molar refractivity (Wildman–Crippen MR) is 99.4 cm³/mol. The lowest BCUT2D eigenvalue weighted by molar-refractivity contribution is -0.122. The molecule has 2 heterocycles. The molecule has 6 N–H and O–H groups in total. The highest BCUT2D eigenvalue weighted by Gasteiger charge is 2.18. The van der Waals surface area contributed by atoms with Crippen molar-refractivity contribution in [3.63, 3.8) is 0 Å². The van der Waals surface area contributed by atoms with Crippen molar-refractivity contribution in [3.05, 3.63) is 23.5 Å². The number of aromatic nitrogens is 2. The first kappa shape index (κ1) is 18.3. The SMILES string of the molecule is CNC(=O)C1C=NC(NCCNc2nc3c(C(N)=O)cc(F)cc3[nH]2)=NC1. The average Bonchev–Trinajstić information content (AvgIpc) is 3.06. The number of benzene rings is 1. The van der Waals surface area contributed by atoms with E-state index in [-0.39, 0.29) is 17.4 Å². The Bertz CT molecular complexity index is 936. The van der Waals surface area contributed by atoms with E-state index in [0.29, 0.717) is 42.6 Å². The number of fused-ring (bicyclic) bond motifs is 1. The van der Waals surface area contributed by atoms with Crippen LogP contribution < -0.4 is 21.7 Å². The number of nitrogens with zero attached hydrogens (tertiary/aromatic N) is 3. The molecule has 1 aliphatic rings. The quantitative estimate of drug-likeness (QED) is 0.436. The largest absolute Gasteiger partial charge is 0.366 e. The fourth-order valence-corrected chi connectivity index (χ4v) is 2.58. The van der Waals surface area contributed by atoms with Crippen molar-refractivity contribution in [3.8, 4) is 0 Å². The van der Waals surface area contributed by atoms with E-state index in [4.69, 9.17) is 5.73 Å². The van der Waals surface area contributed by atoms with E-state index in [1.54, 1.807) is 13.3 Å². The zero-order chi connectivity index (χ0) is 19.4. The van der Waals surface area contributed by atoms with Crippen molar-refractivity contribution >= 4 is 41.0 Å². The van der Waals surface area contributed by atoms with Gasteiger partial charge in [-0.2, -0.15) is 0 Å². The molecular formula is C16H19FN8O2. The first-order chi connectivity index (χ1) is 13.0. The van der Waals surface area contributed by atoms with Gasteiger partial charge in [-0.25, -0.2) is 14.4 Å². The molecule has 1 unspecified atom stereocenters. The molecule has 1 aromatic carbocycles. The second-order valence-corrected chi connectivity index (χ2v) is 5.82. The summed E-state index contributed by atoms with van der Waals surface area (Å²) in [5.74, 6) is -0.971. The van der Waals surface area contributed by atoms with Gasteiger partial charge in [0.1, 0.15) is 11.3 Å². The Kier molecular flexibility index (Phi) is 5.29. The summed E-state index contributed by atoms with van der Waals surface area (Å²) in [5, 5.41) is 8.60. The Morgan fingerprint density at radius 1 is 1.33 bits per heavy atom. The van der Waals surface area contributed by atoms with Crippen LogP contribution in [-0.2, 0) is 4.79 Å². The summed E-state index contributed by atoms with van der Waals surface area (Å²) in [7, 11) is 1.57. The number of aromatic amines is 1. The van der Waals surface area contributed by atoms with Crippen molar-refractivity contribution in [2.45, 2.75) is 0 Å². The summed E-state index contributed by atoms with van der Waals surface area (Å²) in [6.45, 7) is 1.28. The van der Waals surface area contributed by atoms with Gasteiger partial charge in [-0.05, 0) is 12.1 Å². The van der Waals surface area contributed by atoms with E-state index in [9.17, 15) is 14.0 Å². The van der Waals surface area contributed by atoms with Gasteiger partial charge in [-0.1, -0.05) is 0 Å². The lowest BCUT2D eigenvalue weighted by Gasteiger charge is -2.14. The fraction of sp³-hybridized carbons (Fsp3) is 0.312. The van der Waals surface area contributed by atoms with Gasteiger partial charge in [-0.15, -0.1) is 0 Å². The van der Waals surface area contributed by atoms with E-state index in [1.807, 2.05) is 0 Å². The van der Waals surface area contributed by atoms with Crippen molar-refractivity contribution in [2.75, 3.05) is 32.0 Å². The number of H-pyrrole nitrogens is 1. The highest BCUT2D eigenvalue weighted by Crippen LogP contribution is 2.20. The standard InChI is InChI=1S/C16H19FN8O2/c1-19-14(27)8-6-22-15(23-7-8)20-2-3-21-16-24-11-5-9(17)4-10(13(18)26)12(11)25-16/h4-6,8H,2-3,7H2,1H3,(H2,18,26)(H,19,27)(H,20,23)(H2,21,24,25). The Balaban J connectivity index is 1.54. The maximum atomic E-state index is 13.5. The number of rotatable bonds is 6. The molecule has 1 aromatic heterocycles. The lowest BCUT2D eigenvalue weighted by atomic mass is 10.1. The van der Waals surface area contributed by atoms with Crippen molar-refractivity contribution in [1.29, 1.82) is 0 Å². The number of carbonyl (C=O) groups is 2. The Morgan fingerprint density at radius 3 is 2.78 bits per heavy atom. The third kappa shape index (κ3) is 4.19. The number of aliphatic imine (C=N–C) groups is 2. The van der Waals surface area contributed by atoms with Crippen LogP contribution in [-0.4, -0.2) is 60.6 Å². The summed E-state index contributed by atoms with van der Waals surface area (Å²) in [6, 6.07) is 2.30. The second kappa shape index (κ2) is 7.81. The molecule has 27 heavy (non-hydrogen) atoms. The smallest absolute Gasteiger partial charge is 0.251 e. The van der Waals surface area contributed by atoms with Gasteiger partial charge in [-0.3, -0.25) is 14.6 Å². The van der Waals surface area contributed by atoms with Crippen LogP contribution in [0.25, 0.3) is 11.0 Å². The fourth-order valence-electron chi connectivity index (χ4n) is 2.58. The molecular weight excluding hydrogens is 355 g/mol. The molecule has 2 amide bonds. The summed E-state index contributed by atoms with van der Waals surface area (Å²) in [5.41, 5.74) is 5.96. The van der Waals surface area contributed by atoms with Crippen molar-refractivity contribution < 1.29 is 14.0 Å². The molecule has 0 fully saturated rings. The van der Waals surface area contributed by atoms with Crippen LogP contribution in [0.15, 0.2) is 22.1 Å². The van der Waals surface area contributed by atoms with Crippen LogP contribution in [0.4, 0.5) is 10.3 Å². The molecule has 1 atom stereocenters. The van der Waals surface area contributed by atoms with Crippen LogP contribution in [0.5, 0.6) is 0 Å². The van der Waals surface area contributed by atoms with E-state index in [0.717, 1.165) is 6.07 Å². The van der Waals surface area contributed by atoms with Gasteiger partial charge in [0.05, 0.1) is 23.5 Å². The third-order valence-corrected chi connectivity index (χ3v) is 3.92. The first-order valence-electron chi connectivity index (χ1n) is 8.25. The van der Waals surface area contributed by atoms with Gasteiger partial charge in [0.15, 0.2) is 0 Å². The normalized spacial score (nSPS) is 16.1. The number of nitrogens with one attached hydrogen (secondary N) is 4. The minimum atomic E-state index is -0.748. The molecule has 0 saturated carbocycles. The summed E-state index contributed by atoms with van der Waals surface area (Å²) >= 11 is 0. The lowest BCUT2D eigenvalue weighted by Crippen LogP contribution is -2.36. The maximum Gasteiger partial charge on any atom is 0.251 e. The molecule has 11 heteroatoms. The van der Waals surface area contributed by atoms with Crippen LogP contribution >= 0.6 is 0 Å². The molecule has 142 valence electrons. The summed E-state index contributed by atoms with van der Waals surface area (Å²) < 4.78 is 13.5. The monoisotopic (exact) mass is 374 g/mol. The van der Waals surface area contributed by atoms with Crippen LogP contribution in [0.3, 0.4) is 0 Å². The second-order valence-electron chi connectivity index (χ2n) is 5.82. The zero-order valence-corrected chi connectivity index (χ0v) is 14.5. The minimum absolute atomic E-state index is 0.0176. The number of hydrogen-bond acceptors (Lipinski definition) is 7. The number of hydrogen-bond donors (Lipinski definition) is 5. The molecule has 2 aromatic rings. The highest BCUT2D eigenvalue weighted by atomic mass is 19.1. The number of nitrogens with two attached hydrogens (primary N) is 1. The molecule has 0 spiro atoms. The Morgan fingerprint density at radius 2 is 2.11 bits per heavy atom. The van der Waals surface area contributed by atoms with E-state index in [2.05, 4.69) is 35.9 Å². The van der Waals surface area contributed by atoms with Crippen LogP contribution in [0, 0.1) is 11.7 Å². The van der Waals surface area contributed by atoms with Gasteiger partial charge >= 0.3 is 0 Å². The van der Waals surface area contributed by atoms with Crippen molar-refractivity contribution in [1.82, 2.24) is 20.6 Å². The number of primary amides is 1. The van der Waals surface area contributed by atoms with E-state index in [1.165, 1.54) is 6.07 Å². The van der Waals surface area contributed by atoms with Crippen LogP contribution in [0.1, 0.15) is 10.4 Å². The van der Waals surface area contributed by atoms with Gasteiger partial charge in [0.25, 0.3) is 5.91 Å². The molecule has 0 bridgehead atoms. The third-order valence-electron chi connectivity index (χ3n) is 3.92. The number of halogens is 1. The number of amides is 2. The van der Waals surface area contributed by atoms with Crippen LogP contribution in [0.2, 0.25) is 0 Å². The maximum absolute atomic E-state index is 13.5. The first-order valence-corrected chi connectivity index (χ1v) is 8.25. The molecule has 0 radical (unpaired) electrons. The number of guanidine groups is 1. The average molecular weight is 374 g/mol. The molecule has 0 saturated heterocycles. The Hall–Kier alpha value is -3.50. The molecule has 3 rings (SSSR count). The molecule has 1 aliphatic heterocycles. The highest BCUT2D eigenvalue weighted by molar-refractivity contribution is 6.04. The molecule has 10 nitrogen and oxygen atoms in total. The van der Waals surface area contributed by atoms with Gasteiger partial charge in [0, 0.05) is 26.4 Å². The van der Waals surface area contributed by atoms with Crippen molar-refractivity contribution in [2.24, 2.45) is 21.6 Å². The zero-order valence-electron chi connectivity index (χ0n) is 14.5. The molecule has 0 aliphatic carbocycles. The topological polar surface area (TPSA) is 150 Å². The number of anilines is 1. The van der Waals surface area contributed by atoms with Gasteiger partial charge in [0.2, 0.25) is 17.8 Å².